The molecule has 1 aromatic carbocycles. The predicted octanol–water partition coefficient (Wildman–Crippen LogP) is 2.15. The fraction of sp³-hybridized carbons (Fsp3) is 0.533. The van der Waals surface area contributed by atoms with E-state index in [1.54, 1.807) is 7.11 Å². The third-order valence-corrected chi connectivity index (χ3v) is 2.89. The Balaban J connectivity index is 2.62. The molecule has 0 aromatic heterocycles. The van der Waals surface area contributed by atoms with Gasteiger partial charge in [0.1, 0.15) is 5.75 Å². The first-order chi connectivity index (χ1) is 9.08. The average Bonchev–Trinajstić information content (AvgIpc) is 2.38. The molecular formula is C15H23NO3. The molecule has 0 fully saturated rings. The summed E-state index contributed by atoms with van der Waals surface area (Å²) in [7, 11) is 3.50. The third-order valence-electron chi connectivity index (χ3n) is 2.89. The van der Waals surface area contributed by atoms with Gasteiger partial charge in [0.15, 0.2) is 5.78 Å². The molecule has 1 rings (SSSR count). The van der Waals surface area contributed by atoms with Crippen molar-refractivity contribution >= 4 is 5.78 Å². The normalized spacial score (nSPS) is 10.8. The lowest BCUT2D eigenvalue weighted by Gasteiger charge is -2.16. The van der Waals surface area contributed by atoms with Gasteiger partial charge in [0.2, 0.25) is 0 Å². The van der Waals surface area contributed by atoms with Crippen molar-refractivity contribution in [2.75, 3.05) is 40.5 Å². The Bertz CT molecular complexity index is 418. The fourth-order valence-corrected chi connectivity index (χ4v) is 1.80. The van der Waals surface area contributed by atoms with Crippen LogP contribution in [0.2, 0.25) is 0 Å². The van der Waals surface area contributed by atoms with E-state index in [-0.39, 0.29) is 5.78 Å². The Labute approximate surface area is 115 Å². The van der Waals surface area contributed by atoms with Crippen molar-refractivity contribution in [1.82, 2.24) is 4.90 Å². The summed E-state index contributed by atoms with van der Waals surface area (Å²) in [6, 6.07) is 5.64. The van der Waals surface area contributed by atoms with Crippen LogP contribution in [0.15, 0.2) is 18.2 Å². The molecule has 1 aromatic rings. The maximum Gasteiger partial charge on any atom is 0.180 e. The Morgan fingerprint density at radius 1 is 1.37 bits per heavy atom. The number of hydrogen-bond donors (Lipinski definition) is 0. The molecule has 0 aliphatic rings. The van der Waals surface area contributed by atoms with Gasteiger partial charge in [-0.15, -0.1) is 0 Å². The number of nitrogens with zero attached hydrogens (tertiary/aromatic N) is 1. The van der Waals surface area contributed by atoms with Crippen LogP contribution < -0.4 is 4.74 Å². The Kier molecular flexibility index (Phi) is 6.53. The van der Waals surface area contributed by atoms with E-state index in [1.165, 1.54) is 0 Å². The third kappa shape index (κ3) is 5.01. The van der Waals surface area contributed by atoms with Crippen molar-refractivity contribution in [2.45, 2.75) is 13.8 Å². The summed E-state index contributed by atoms with van der Waals surface area (Å²) in [6.45, 7) is 6.40. The summed E-state index contributed by atoms with van der Waals surface area (Å²) >= 11 is 0. The van der Waals surface area contributed by atoms with E-state index < -0.39 is 0 Å². The van der Waals surface area contributed by atoms with E-state index in [9.17, 15) is 4.79 Å². The number of methoxy groups -OCH3 is 1. The highest BCUT2D eigenvalue weighted by atomic mass is 16.5. The summed E-state index contributed by atoms with van der Waals surface area (Å²) in [5.41, 5.74) is 1.72. The lowest BCUT2D eigenvalue weighted by molar-refractivity contribution is 0.0894. The highest BCUT2D eigenvalue weighted by Crippen LogP contribution is 2.20. The Morgan fingerprint density at radius 3 is 2.74 bits per heavy atom. The average molecular weight is 265 g/mol. The van der Waals surface area contributed by atoms with E-state index in [2.05, 4.69) is 0 Å². The van der Waals surface area contributed by atoms with Gasteiger partial charge in [0.05, 0.1) is 25.8 Å². The van der Waals surface area contributed by atoms with E-state index >= 15 is 0 Å². The molecule has 4 nitrogen and oxygen atoms in total. The second kappa shape index (κ2) is 7.92. The number of likely N-dealkylation sites (N-methyl/N-ethyl adjacent to an activating group) is 1. The molecule has 0 amide bonds. The van der Waals surface area contributed by atoms with Crippen molar-refractivity contribution in [1.29, 1.82) is 0 Å². The van der Waals surface area contributed by atoms with Crippen molar-refractivity contribution < 1.29 is 14.3 Å². The zero-order valence-electron chi connectivity index (χ0n) is 12.2. The van der Waals surface area contributed by atoms with Crippen LogP contribution in [0.25, 0.3) is 0 Å². The van der Waals surface area contributed by atoms with Gasteiger partial charge in [-0.3, -0.25) is 9.69 Å². The van der Waals surface area contributed by atoms with E-state index in [4.69, 9.17) is 9.47 Å². The predicted molar refractivity (Wildman–Crippen MR) is 76.1 cm³/mol. The Morgan fingerprint density at radius 2 is 2.11 bits per heavy atom. The van der Waals surface area contributed by atoms with Crippen LogP contribution in [0, 0.1) is 6.92 Å². The van der Waals surface area contributed by atoms with Crippen LogP contribution >= 0.6 is 0 Å². The number of Topliss-reactive ketones (excluding diaryl/α,β-unsaturated/α-hetero) is 1. The van der Waals surface area contributed by atoms with Gasteiger partial charge in [-0.05, 0) is 38.6 Å². The van der Waals surface area contributed by atoms with Gasteiger partial charge in [-0.1, -0.05) is 6.07 Å². The standard InChI is InChI=1S/C15H23NO3/c1-5-19-9-8-16(3)11-14(17)13-7-6-12(2)10-15(13)18-4/h6-7,10H,5,8-9,11H2,1-4H3. The monoisotopic (exact) mass is 265 g/mol. The lowest BCUT2D eigenvalue weighted by atomic mass is 10.1. The van der Waals surface area contributed by atoms with Crippen LogP contribution in [0.4, 0.5) is 0 Å². The number of hydrogen-bond acceptors (Lipinski definition) is 4. The van der Waals surface area contributed by atoms with Crippen molar-refractivity contribution in [3.63, 3.8) is 0 Å². The van der Waals surface area contributed by atoms with Crippen LogP contribution in [-0.4, -0.2) is 51.1 Å². The number of rotatable bonds is 8. The number of ether oxygens (including phenoxy) is 2. The quantitative estimate of drug-likeness (QED) is 0.533. The molecule has 0 aliphatic carbocycles. The molecule has 0 bridgehead atoms. The van der Waals surface area contributed by atoms with E-state index in [0.717, 1.165) is 12.1 Å². The number of aryl methyl sites for hydroxylation is 1. The lowest BCUT2D eigenvalue weighted by Crippen LogP contribution is -2.29. The minimum atomic E-state index is 0.0656. The summed E-state index contributed by atoms with van der Waals surface area (Å²) in [4.78, 5) is 14.2. The first-order valence-corrected chi connectivity index (χ1v) is 6.52. The molecule has 0 unspecified atom stereocenters. The van der Waals surface area contributed by atoms with Crippen molar-refractivity contribution in [3.8, 4) is 5.75 Å². The summed E-state index contributed by atoms with van der Waals surface area (Å²) in [6.07, 6.45) is 0. The maximum absolute atomic E-state index is 12.2. The van der Waals surface area contributed by atoms with Crippen LogP contribution in [0.5, 0.6) is 5.75 Å². The molecular weight excluding hydrogens is 242 g/mol. The SMILES string of the molecule is CCOCCN(C)CC(=O)c1ccc(C)cc1OC. The molecule has 19 heavy (non-hydrogen) atoms. The number of carbonyl (C=O) groups is 1. The number of benzene rings is 1. The minimum Gasteiger partial charge on any atom is -0.496 e. The topological polar surface area (TPSA) is 38.8 Å². The first kappa shape index (κ1) is 15.7. The summed E-state index contributed by atoms with van der Waals surface area (Å²) in [5, 5.41) is 0. The van der Waals surface area contributed by atoms with E-state index in [0.29, 0.717) is 31.1 Å². The van der Waals surface area contributed by atoms with Crippen LogP contribution in [-0.2, 0) is 4.74 Å². The number of ketones is 1. The molecule has 0 spiro atoms. The molecule has 0 heterocycles. The molecule has 106 valence electrons. The van der Waals surface area contributed by atoms with Crippen molar-refractivity contribution in [3.05, 3.63) is 29.3 Å². The van der Waals surface area contributed by atoms with Gasteiger partial charge in [0.25, 0.3) is 0 Å². The molecule has 0 saturated heterocycles. The first-order valence-electron chi connectivity index (χ1n) is 6.52. The summed E-state index contributed by atoms with van der Waals surface area (Å²) in [5.74, 6) is 0.707. The molecule has 0 atom stereocenters. The largest absolute Gasteiger partial charge is 0.496 e. The van der Waals surface area contributed by atoms with Gasteiger partial charge in [-0.2, -0.15) is 0 Å². The van der Waals surface area contributed by atoms with Crippen LogP contribution in [0.3, 0.4) is 0 Å². The zero-order chi connectivity index (χ0) is 14.3. The highest BCUT2D eigenvalue weighted by molar-refractivity contribution is 6.00. The molecule has 4 heteroatoms. The van der Waals surface area contributed by atoms with Gasteiger partial charge in [-0.25, -0.2) is 0 Å². The fourth-order valence-electron chi connectivity index (χ4n) is 1.80. The van der Waals surface area contributed by atoms with Gasteiger partial charge >= 0.3 is 0 Å². The molecule has 0 saturated carbocycles. The van der Waals surface area contributed by atoms with Crippen LogP contribution in [0.1, 0.15) is 22.8 Å². The minimum absolute atomic E-state index is 0.0656. The molecule has 0 N–H and O–H groups in total. The number of carbonyl (C=O) groups excluding carboxylic acids is 1. The zero-order valence-corrected chi connectivity index (χ0v) is 12.2. The smallest absolute Gasteiger partial charge is 0.180 e. The summed E-state index contributed by atoms with van der Waals surface area (Å²) < 4.78 is 10.5. The Hall–Kier alpha value is -1.39. The second-order valence-corrected chi connectivity index (χ2v) is 4.56. The molecule has 0 aliphatic heterocycles. The second-order valence-electron chi connectivity index (χ2n) is 4.56. The highest BCUT2D eigenvalue weighted by Gasteiger charge is 2.14. The maximum atomic E-state index is 12.2. The van der Waals surface area contributed by atoms with E-state index in [1.807, 2.05) is 44.0 Å². The van der Waals surface area contributed by atoms with Gasteiger partial charge in [0, 0.05) is 13.2 Å². The van der Waals surface area contributed by atoms with Crippen molar-refractivity contribution in [2.24, 2.45) is 0 Å². The van der Waals surface area contributed by atoms with Gasteiger partial charge < -0.3 is 9.47 Å². The molecule has 0 radical (unpaired) electrons.